The normalized spacial score (nSPS) is 25.6. The molecule has 1 nitrogen and oxygen atoms in total. The Kier molecular flexibility index (Phi) is 0.618. The van der Waals surface area contributed by atoms with Crippen molar-refractivity contribution in [1.29, 1.82) is 0 Å². The van der Waals surface area contributed by atoms with Crippen molar-refractivity contribution in [2.45, 2.75) is 12.8 Å². The minimum atomic E-state index is 1.00. The topological polar surface area (TPSA) is 9.23 Å². The van der Waals surface area contributed by atoms with Crippen molar-refractivity contribution in [1.82, 2.24) is 0 Å². The zero-order valence-electron chi connectivity index (χ0n) is 5.24. The summed E-state index contributed by atoms with van der Waals surface area (Å²) in [7, 11) is 0. The van der Waals surface area contributed by atoms with Gasteiger partial charge in [-0.25, -0.2) is 0 Å². The van der Waals surface area contributed by atoms with Crippen LogP contribution in [0.25, 0.3) is 0 Å². The number of hydrogen-bond donors (Lipinski definition) is 0. The van der Waals surface area contributed by atoms with E-state index in [1.54, 1.807) is 0 Å². The highest BCUT2D eigenvalue weighted by Crippen LogP contribution is 1.98. The summed E-state index contributed by atoms with van der Waals surface area (Å²) in [6, 6.07) is 0. The summed E-state index contributed by atoms with van der Waals surface area (Å²) < 4.78 is 14.9. The first-order chi connectivity index (χ1) is 3.50. The van der Waals surface area contributed by atoms with Crippen molar-refractivity contribution in [2.75, 3.05) is 13.2 Å². The molecule has 0 radical (unpaired) electrons. The maximum absolute atomic E-state index is 5.00. The lowest BCUT2D eigenvalue weighted by atomic mass is 10.4. The Bertz CT molecular complexity index is 21.3. The summed E-state index contributed by atoms with van der Waals surface area (Å²) in [6.45, 7) is 2.00. The Morgan fingerprint density at radius 2 is 2.00 bits per heavy atom. The number of rotatable bonds is 0. The van der Waals surface area contributed by atoms with E-state index >= 15 is 0 Å². The molecule has 1 aliphatic rings. The average molecular weight is 76.1 g/mol. The van der Waals surface area contributed by atoms with Gasteiger partial charge in [0.25, 0.3) is 0 Å². The van der Waals surface area contributed by atoms with Crippen molar-refractivity contribution in [3.8, 4) is 0 Å². The zero-order valence-corrected chi connectivity index (χ0v) is 3.24. The SMILES string of the molecule is C1CCOC1.[2H][2H]. The molecule has 0 atom stereocenters. The van der Waals surface area contributed by atoms with Gasteiger partial charge in [0.15, 0.2) is 0 Å². The maximum Gasteiger partial charge on any atom is 0.0466 e. The predicted octanol–water partition coefficient (Wildman–Crippen LogP) is 1.04. The summed E-state index contributed by atoms with van der Waals surface area (Å²) in [6.07, 6.45) is 2.56. The second-order valence-corrected chi connectivity index (χ2v) is 1.32. The summed E-state index contributed by atoms with van der Waals surface area (Å²) in [5.74, 6) is 0. The molecule has 1 heterocycles. The highest BCUT2D eigenvalue weighted by Gasteiger charge is 1.94. The average Bonchev–Trinajstić information content (AvgIpc) is 2.23. The van der Waals surface area contributed by atoms with Crippen LogP contribution in [-0.2, 0) is 4.74 Å². The molecule has 0 bridgehead atoms. The molecule has 1 rings (SSSR count). The Morgan fingerprint density at radius 3 is 2.20 bits per heavy atom. The molecule has 0 aromatic carbocycles. The van der Waals surface area contributed by atoms with Crippen LogP contribution in [0.5, 0.6) is 0 Å². The van der Waals surface area contributed by atoms with Crippen LogP contribution < -0.4 is 0 Å². The lowest BCUT2D eigenvalue weighted by Gasteiger charge is -1.76. The highest BCUT2D eigenvalue weighted by molar-refractivity contribution is 4.43. The smallest absolute Gasteiger partial charge is 0.0466 e. The van der Waals surface area contributed by atoms with Gasteiger partial charge >= 0.3 is 0 Å². The Labute approximate surface area is 35.0 Å². The third-order valence-electron chi connectivity index (χ3n) is 0.827. The van der Waals surface area contributed by atoms with Crippen LogP contribution in [-0.4, -0.2) is 13.2 Å². The van der Waals surface area contributed by atoms with E-state index < -0.39 is 0 Å². The fourth-order valence-electron chi connectivity index (χ4n) is 0.510. The summed E-state index contributed by atoms with van der Waals surface area (Å²) in [5, 5.41) is 0. The lowest BCUT2D eigenvalue weighted by Crippen LogP contribution is -1.74. The van der Waals surface area contributed by atoms with Gasteiger partial charge in [0.05, 0.1) is 0 Å². The quantitative estimate of drug-likeness (QED) is 0.419. The minimum absolute atomic E-state index is 1.00. The van der Waals surface area contributed by atoms with Crippen LogP contribution in [0.2, 0.25) is 0 Å². The van der Waals surface area contributed by atoms with E-state index in [0.29, 0.717) is 0 Å². The molecule has 1 aliphatic heterocycles. The van der Waals surface area contributed by atoms with E-state index in [-0.39, 0.29) is 0 Å². The molecule has 1 saturated heterocycles. The van der Waals surface area contributed by atoms with Gasteiger partial charge in [-0.15, -0.1) is 0 Å². The largest absolute Gasteiger partial charge is 0.381 e. The van der Waals surface area contributed by atoms with E-state index in [1.807, 2.05) is 0 Å². The monoisotopic (exact) mass is 76.1 g/mol. The van der Waals surface area contributed by atoms with Crippen molar-refractivity contribution in [3.05, 3.63) is 0 Å². The number of hydrogen-bond acceptors (Lipinski definition) is 1. The molecule has 0 aromatic rings. The Hall–Kier alpha value is -0.0400. The standard InChI is InChI=1S/C4H8O.H2/c1-2-4-5-3-1;/h1-4H2;1H/i;1+1D. The van der Waals surface area contributed by atoms with Gasteiger partial charge in [0.1, 0.15) is 0 Å². The molecule has 32 valence electrons. The molecular weight excluding hydrogens is 64.0 g/mol. The zero-order chi connectivity index (χ0) is 5.54. The van der Waals surface area contributed by atoms with Crippen LogP contribution in [0, 0.1) is 0 Å². The fraction of sp³-hybridized carbons (Fsp3) is 1.00. The molecule has 5 heavy (non-hydrogen) atoms. The van der Waals surface area contributed by atoms with Crippen molar-refractivity contribution in [2.24, 2.45) is 0 Å². The third kappa shape index (κ3) is 0.618. The van der Waals surface area contributed by atoms with Crippen molar-refractivity contribution >= 4 is 0 Å². The first-order valence-electron chi connectivity index (χ1n) is 3.08. The minimum Gasteiger partial charge on any atom is -0.381 e. The van der Waals surface area contributed by atoms with Gasteiger partial charge in [-0.1, -0.05) is 0 Å². The van der Waals surface area contributed by atoms with Gasteiger partial charge < -0.3 is 4.74 Å². The van der Waals surface area contributed by atoms with Gasteiger partial charge in [-0.05, 0) is 12.8 Å². The van der Waals surface area contributed by atoms with Crippen molar-refractivity contribution in [3.63, 3.8) is 0 Å². The summed E-state index contributed by atoms with van der Waals surface area (Å²) in [4.78, 5) is 0. The second kappa shape index (κ2) is 1.41. The predicted molar refractivity (Wildman–Crippen MR) is 22.2 cm³/mol. The molecule has 0 unspecified atom stereocenters. The second-order valence-electron chi connectivity index (χ2n) is 1.32. The van der Waals surface area contributed by atoms with E-state index in [2.05, 4.69) is 0 Å². The first-order valence-corrected chi connectivity index (χ1v) is 2.08. The molecule has 0 N–H and O–H groups in total. The molecule has 1 heteroatoms. The van der Waals surface area contributed by atoms with Crippen LogP contribution in [0.3, 0.4) is 0 Å². The highest BCUT2D eigenvalue weighted by atomic mass is 16.5. The van der Waals surface area contributed by atoms with Gasteiger partial charge in [-0.2, -0.15) is 0 Å². The molecule has 1 fully saturated rings. The van der Waals surface area contributed by atoms with E-state index in [0.717, 1.165) is 13.2 Å². The molecule has 0 aromatic heterocycles. The molecule has 0 saturated carbocycles. The van der Waals surface area contributed by atoms with Crippen LogP contribution >= 0.6 is 0 Å². The fourth-order valence-corrected chi connectivity index (χ4v) is 0.510. The Balaban J connectivity index is 0.000000162. The van der Waals surface area contributed by atoms with Gasteiger partial charge in [0, 0.05) is 16.2 Å². The van der Waals surface area contributed by atoms with E-state index in [9.17, 15) is 0 Å². The lowest BCUT2D eigenvalue weighted by molar-refractivity contribution is 0.198. The van der Waals surface area contributed by atoms with Crippen LogP contribution in [0.4, 0.5) is 0 Å². The summed E-state index contributed by atoms with van der Waals surface area (Å²) >= 11 is 0. The van der Waals surface area contributed by atoms with Crippen LogP contribution in [0.1, 0.15) is 15.8 Å². The third-order valence-corrected chi connectivity index (χ3v) is 0.827. The molecular formula is C4H10O. The van der Waals surface area contributed by atoms with Gasteiger partial charge in [-0.3, -0.25) is 0 Å². The molecule has 0 spiro atoms. The molecule has 0 aliphatic carbocycles. The van der Waals surface area contributed by atoms with E-state index in [4.69, 9.17) is 7.71 Å². The Morgan fingerprint density at radius 1 is 1.40 bits per heavy atom. The maximum atomic E-state index is 5.00. The molecule has 0 amide bonds. The number of ether oxygens (including phenoxy) is 1. The van der Waals surface area contributed by atoms with Crippen molar-refractivity contribution < 1.29 is 7.71 Å². The first kappa shape index (κ1) is 2.19. The van der Waals surface area contributed by atoms with Gasteiger partial charge in [0.2, 0.25) is 0 Å². The summed E-state index contributed by atoms with van der Waals surface area (Å²) in [5.41, 5.74) is 0. The van der Waals surface area contributed by atoms with E-state index in [1.165, 1.54) is 12.8 Å². The van der Waals surface area contributed by atoms with Crippen LogP contribution in [0.15, 0.2) is 0 Å².